The predicted molar refractivity (Wildman–Crippen MR) is 60.6 cm³/mol. The molecule has 0 spiro atoms. The lowest BCUT2D eigenvalue weighted by molar-refractivity contribution is 0.364. The number of alkyl halides is 2. The Morgan fingerprint density at radius 1 is 0.857 bits per heavy atom. The molecule has 2 heteroatoms. The maximum absolute atomic E-state index is 6.30. The third-order valence-electron chi connectivity index (χ3n) is 4.31. The van der Waals surface area contributed by atoms with Crippen molar-refractivity contribution < 1.29 is 0 Å². The maximum atomic E-state index is 6.30. The van der Waals surface area contributed by atoms with E-state index in [9.17, 15) is 0 Å². The monoisotopic (exact) mass is 230 g/mol. The average molecular weight is 231 g/mol. The molecule has 0 amide bonds. The minimum Gasteiger partial charge on any atom is -0.101 e. The summed E-state index contributed by atoms with van der Waals surface area (Å²) in [4.78, 5) is 0. The Balaban J connectivity index is 1.81. The van der Waals surface area contributed by atoms with E-state index in [-0.39, 0.29) is 4.33 Å². The van der Waals surface area contributed by atoms with Gasteiger partial charge in [0.1, 0.15) is 4.33 Å². The van der Waals surface area contributed by atoms with E-state index in [2.05, 4.69) is 12.2 Å². The van der Waals surface area contributed by atoms with Gasteiger partial charge in [0.2, 0.25) is 0 Å². The predicted octanol–water partition coefficient (Wildman–Crippen LogP) is 4.17. The zero-order valence-corrected chi connectivity index (χ0v) is 9.77. The molecular weight excluding hydrogens is 215 g/mol. The van der Waals surface area contributed by atoms with Crippen molar-refractivity contribution in [1.82, 2.24) is 0 Å². The van der Waals surface area contributed by atoms with Gasteiger partial charge in [-0.15, -0.1) is 23.2 Å². The van der Waals surface area contributed by atoms with Crippen molar-refractivity contribution in [3.05, 3.63) is 12.2 Å². The van der Waals surface area contributed by atoms with Crippen LogP contribution in [0.4, 0.5) is 0 Å². The van der Waals surface area contributed by atoms with E-state index in [4.69, 9.17) is 23.2 Å². The lowest BCUT2D eigenvalue weighted by atomic mass is 9.89. The zero-order chi connectivity index (χ0) is 9.76. The van der Waals surface area contributed by atoms with E-state index in [1.165, 1.54) is 32.1 Å². The molecule has 0 unspecified atom stereocenters. The van der Waals surface area contributed by atoms with Crippen LogP contribution in [0.1, 0.15) is 32.1 Å². The van der Waals surface area contributed by atoms with Gasteiger partial charge in [0.15, 0.2) is 0 Å². The van der Waals surface area contributed by atoms with Gasteiger partial charge < -0.3 is 0 Å². The number of halogens is 2. The lowest BCUT2D eigenvalue weighted by Gasteiger charge is -2.18. The zero-order valence-electron chi connectivity index (χ0n) is 8.26. The van der Waals surface area contributed by atoms with E-state index in [1.807, 2.05) is 0 Å². The summed E-state index contributed by atoms with van der Waals surface area (Å²) >= 11 is 12.6. The first kappa shape index (κ1) is 9.54. The van der Waals surface area contributed by atoms with Crippen LogP contribution in [-0.4, -0.2) is 4.33 Å². The molecule has 0 heterocycles. The molecule has 0 aromatic heterocycles. The van der Waals surface area contributed by atoms with Crippen LogP contribution in [0.3, 0.4) is 0 Å². The van der Waals surface area contributed by atoms with Gasteiger partial charge in [0, 0.05) is 0 Å². The molecule has 2 fully saturated rings. The van der Waals surface area contributed by atoms with Gasteiger partial charge in [0.25, 0.3) is 0 Å². The highest BCUT2D eigenvalue weighted by Crippen LogP contribution is 2.66. The number of hydrogen-bond donors (Lipinski definition) is 0. The molecule has 0 aromatic carbocycles. The summed E-state index contributed by atoms with van der Waals surface area (Å²) in [6.45, 7) is 0. The molecule has 0 aliphatic heterocycles. The SMILES string of the molecule is ClC1(Cl)[C@@H]2C[C@H]3CC=CC[C@@H](C3)C[C@H]21. The molecule has 2 bridgehead atoms. The standard InChI is InChI=1S/C12H16Cl2/c13-12(14)10-6-8-3-1-2-4-9(5-8)7-11(10)12/h1-2,8-11H,3-7H2/t8-,9-,10+,11+/m0/s1. The highest BCUT2D eigenvalue weighted by Gasteiger charge is 2.63. The van der Waals surface area contributed by atoms with Crippen molar-refractivity contribution in [3.8, 4) is 0 Å². The molecule has 78 valence electrons. The molecule has 14 heavy (non-hydrogen) atoms. The van der Waals surface area contributed by atoms with E-state index in [0.717, 1.165) is 11.8 Å². The first-order chi connectivity index (χ1) is 6.68. The number of hydrogen-bond acceptors (Lipinski definition) is 0. The largest absolute Gasteiger partial charge is 0.124 e. The first-order valence-corrected chi connectivity index (χ1v) is 6.46. The smallest absolute Gasteiger partial charge is 0.101 e. The Labute approximate surface area is 95.7 Å². The molecular formula is C12H16Cl2. The van der Waals surface area contributed by atoms with Crippen LogP contribution in [0.15, 0.2) is 12.2 Å². The molecule has 4 atom stereocenters. The normalized spacial score (nSPS) is 49.0. The van der Waals surface area contributed by atoms with Crippen LogP contribution in [0.25, 0.3) is 0 Å². The topological polar surface area (TPSA) is 0 Å². The van der Waals surface area contributed by atoms with Crippen LogP contribution in [0.5, 0.6) is 0 Å². The van der Waals surface area contributed by atoms with E-state index in [1.54, 1.807) is 0 Å². The number of rotatable bonds is 0. The van der Waals surface area contributed by atoms with Gasteiger partial charge in [-0.05, 0) is 55.8 Å². The van der Waals surface area contributed by atoms with Gasteiger partial charge in [-0.2, -0.15) is 0 Å². The van der Waals surface area contributed by atoms with Crippen molar-refractivity contribution in [2.24, 2.45) is 23.7 Å². The average Bonchev–Trinajstić information content (AvgIpc) is 2.78. The number of fused-ring (bicyclic) bond motifs is 3. The maximum Gasteiger partial charge on any atom is 0.124 e. The molecule has 3 rings (SSSR count). The Kier molecular flexibility index (Phi) is 2.15. The van der Waals surface area contributed by atoms with Crippen molar-refractivity contribution in [1.29, 1.82) is 0 Å². The van der Waals surface area contributed by atoms with Crippen LogP contribution in [0.2, 0.25) is 0 Å². The van der Waals surface area contributed by atoms with Gasteiger partial charge in [-0.25, -0.2) is 0 Å². The van der Waals surface area contributed by atoms with Crippen molar-refractivity contribution >= 4 is 23.2 Å². The molecule has 0 saturated heterocycles. The highest BCUT2D eigenvalue weighted by molar-refractivity contribution is 6.51. The Hall–Kier alpha value is 0.320. The van der Waals surface area contributed by atoms with E-state index in [0.29, 0.717) is 11.8 Å². The Morgan fingerprint density at radius 2 is 1.36 bits per heavy atom. The molecule has 0 radical (unpaired) electrons. The molecule has 0 N–H and O–H groups in total. The van der Waals surface area contributed by atoms with Crippen LogP contribution >= 0.6 is 23.2 Å². The summed E-state index contributed by atoms with van der Waals surface area (Å²) in [5.74, 6) is 2.92. The van der Waals surface area contributed by atoms with Crippen molar-refractivity contribution in [3.63, 3.8) is 0 Å². The van der Waals surface area contributed by atoms with E-state index >= 15 is 0 Å². The fourth-order valence-electron chi connectivity index (χ4n) is 3.45. The highest BCUT2D eigenvalue weighted by atomic mass is 35.5. The van der Waals surface area contributed by atoms with Crippen LogP contribution < -0.4 is 0 Å². The minimum atomic E-state index is -0.360. The second-order valence-electron chi connectivity index (χ2n) is 5.27. The Bertz CT molecular complexity index is 245. The summed E-state index contributed by atoms with van der Waals surface area (Å²) in [5.41, 5.74) is 0. The molecule has 3 aliphatic carbocycles. The van der Waals surface area contributed by atoms with Gasteiger partial charge in [-0.3, -0.25) is 0 Å². The number of allylic oxidation sites excluding steroid dienone is 2. The van der Waals surface area contributed by atoms with Crippen molar-refractivity contribution in [2.75, 3.05) is 0 Å². The summed E-state index contributed by atoms with van der Waals surface area (Å²) in [7, 11) is 0. The quantitative estimate of drug-likeness (QED) is 0.433. The van der Waals surface area contributed by atoms with Gasteiger partial charge in [-0.1, -0.05) is 12.2 Å². The summed E-state index contributed by atoms with van der Waals surface area (Å²) in [5, 5.41) is 0. The second kappa shape index (κ2) is 3.15. The van der Waals surface area contributed by atoms with Gasteiger partial charge >= 0.3 is 0 Å². The summed E-state index contributed by atoms with van der Waals surface area (Å²) in [6.07, 6.45) is 11.2. The lowest BCUT2D eigenvalue weighted by Crippen LogP contribution is -2.09. The Morgan fingerprint density at radius 3 is 1.86 bits per heavy atom. The van der Waals surface area contributed by atoms with E-state index < -0.39 is 0 Å². The van der Waals surface area contributed by atoms with Crippen LogP contribution in [-0.2, 0) is 0 Å². The molecule has 3 aliphatic rings. The first-order valence-electron chi connectivity index (χ1n) is 5.70. The van der Waals surface area contributed by atoms with Gasteiger partial charge in [0.05, 0.1) is 0 Å². The third-order valence-corrected chi connectivity index (χ3v) is 5.43. The fraction of sp³-hybridized carbons (Fsp3) is 0.833. The molecule has 2 saturated carbocycles. The fourth-order valence-corrected chi connectivity index (χ4v) is 4.29. The summed E-state index contributed by atoms with van der Waals surface area (Å²) < 4.78 is -0.360. The second-order valence-corrected chi connectivity index (χ2v) is 6.71. The minimum absolute atomic E-state index is 0.360. The van der Waals surface area contributed by atoms with Crippen molar-refractivity contribution in [2.45, 2.75) is 36.4 Å². The molecule has 0 aromatic rings. The summed E-state index contributed by atoms with van der Waals surface area (Å²) in [6, 6.07) is 0. The molecule has 0 nitrogen and oxygen atoms in total. The van der Waals surface area contributed by atoms with Crippen LogP contribution in [0, 0.1) is 23.7 Å². The third kappa shape index (κ3) is 1.42.